The molecule has 0 bridgehead atoms. The quantitative estimate of drug-likeness (QED) is 0.840. The van der Waals surface area contributed by atoms with Crippen LogP contribution in [0.4, 0.5) is 4.79 Å². The smallest absolute Gasteiger partial charge is 0.408 e. The molecule has 142 valence electrons. The average molecular weight is 380 g/mol. The third-order valence-corrected chi connectivity index (χ3v) is 5.89. The first-order chi connectivity index (χ1) is 12.1. The molecule has 8 heteroatoms. The summed E-state index contributed by atoms with van der Waals surface area (Å²) in [6.45, 7) is 5.34. The Morgan fingerprint density at radius 1 is 1.31 bits per heavy atom. The zero-order chi connectivity index (χ0) is 19.1. The molecule has 1 saturated heterocycles. The number of hydrogen-bond acceptors (Lipinski definition) is 5. The van der Waals surface area contributed by atoms with E-state index in [1.54, 1.807) is 20.8 Å². The third-order valence-electron chi connectivity index (χ3n) is 4.66. The van der Waals surface area contributed by atoms with Gasteiger partial charge >= 0.3 is 12.1 Å². The number of carboxylic acid groups (broad SMARTS) is 1. The minimum atomic E-state index is -1.52. The van der Waals surface area contributed by atoms with E-state index in [9.17, 15) is 19.5 Å². The number of aryl methyl sites for hydroxylation is 2. The van der Waals surface area contributed by atoms with Crippen LogP contribution in [0.25, 0.3) is 0 Å². The van der Waals surface area contributed by atoms with E-state index in [1.807, 2.05) is 6.07 Å². The van der Waals surface area contributed by atoms with E-state index < -0.39 is 23.2 Å². The number of ether oxygens (including phenoxy) is 1. The maximum atomic E-state index is 12.8. The Hall–Kier alpha value is -2.09. The predicted octanol–water partition coefficient (Wildman–Crippen LogP) is 2.43. The monoisotopic (exact) mass is 380 g/mol. The van der Waals surface area contributed by atoms with E-state index in [4.69, 9.17) is 4.74 Å². The molecule has 3 rings (SSSR count). The molecule has 2 aliphatic rings. The molecule has 0 aromatic carbocycles. The molecule has 1 atom stereocenters. The van der Waals surface area contributed by atoms with Gasteiger partial charge in [-0.3, -0.25) is 4.79 Å². The van der Waals surface area contributed by atoms with Crippen molar-refractivity contribution < 1.29 is 24.2 Å². The van der Waals surface area contributed by atoms with E-state index in [2.05, 4.69) is 5.32 Å². The lowest BCUT2D eigenvalue weighted by molar-refractivity contribution is -0.144. The fourth-order valence-electron chi connectivity index (χ4n) is 3.40. The van der Waals surface area contributed by atoms with Crippen LogP contribution >= 0.6 is 11.3 Å². The molecule has 2 heterocycles. The number of nitrogens with zero attached hydrogens (tertiary/aromatic N) is 1. The van der Waals surface area contributed by atoms with Crippen molar-refractivity contribution in [2.75, 3.05) is 13.1 Å². The van der Waals surface area contributed by atoms with Gasteiger partial charge in [-0.25, -0.2) is 9.59 Å². The summed E-state index contributed by atoms with van der Waals surface area (Å²) in [6, 6.07) is 1.93. The molecule has 1 aliphatic carbocycles. The highest BCUT2D eigenvalue weighted by atomic mass is 32.1. The number of carbonyl (C=O) groups excluding carboxylic acids is 2. The summed E-state index contributed by atoms with van der Waals surface area (Å²) >= 11 is 1.50. The van der Waals surface area contributed by atoms with Crippen molar-refractivity contribution in [2.45, 2.75) is 57.6 Å². The summed E-state index contributed by atoms with van der Waals surface area (Å²) in [4.78, 5) is 40.1. The fraction of sp³-hybridized carbons (Fsp3) is 0.611. The summed E-state index contributed by atoms with van der Waals surface area (Å²) < 4.78 is 5.18. The number of nitrogens with one attached hydrogen (secondary N) is 1. The Balaban J connectivity index is 1.71. The summed E-state index contributed by atoms with van der Waals surface area (Å²) in [7, 11) is 0. The summed E-state index contributed by atoms with van der Waals surface area (Å²) in [5.74, 6) is -1.33. The van der Waals surface area contributed by atoms with Gasteiger partial charge in [-0.15, -0.1) is 11.3 Å². The number of thiophene rings is 1. The zero-order valence-corrected chi connectivity index (χ0v) is 16.1. The van der Waals surface area contributed by atoms with Crippen LogP contribution in [0.3, 0.4) is 0 Å². The molecule has 7 nitrogen and oxygen atoms in total. The Kier molecular flexibility index (Phi) is 4.72. The number of rotatable bonds is 3. The number of likely N-dealkylation sites (tertiary alicyclic amines) is 1. The van der Waals surface area contributed by atoms with Gasteiger partial charge in [0, 0.05) is 17.8 Å². The molecule has 1 fully saturated rings. The molecule has 1 aliphatic heterocycles. The molecule has 2 amide bonds. The van der Waals surface area contributed by atoms with Crippen molar-refractivity contribution in [3.8, 4) is 0 Å². The molecule has 0 radical (unpaired) electrons. The number of aliphatic carboxylic acids is 1. The highest BCUT2D eigenvalue weighted by Crippen LogP contribution is 2.33. The maximum absolute atomic E-state index is 12.8. The lowest BCUT2D eigenvalue weighted by atomic mass is 9.99. The lowest BCUT2D eigenvalue weighted by Gasteiger charge is -2.28. The number of alkyl carbamates (subject to hydrolysis) is 1. The topological polar surface area (TPSA) is 95.9 Å². The number of carbonyl (C=O) groups is 3. The molecule has 0 spiro atoms. The van der Waals surface area contributed by atoms with Gasteiger partial charge in [-0.1, -0.05) is 0 Å². The second kappa shape index (κ2) is 6.57. The average Bonchev–Trinajstić information content (AvgIpc) is 3.18. The number of carboxylic acids is 1. The van der Waals surface area contributed by atoms with Crippen molar-refractivity contribution >= 4 is 29.3 Å². The van der Waals surface area contributed by atoms with Gasteiger partial charge in [0.1, 0.15) is 5.60 Å². The van der Waals surface area contributed by atoms with Crippen molar-refractivity contribution in [2.24, 2.45) is 0 Å². The standard InChI is InChI=1S/C18H24N2O5S/c1-17(2,3)25-16(24)19-18(15(22)23)7-8-20(10-18)14(21)13-9-11-5-4-6-12(11)26-13/h9H,4-8,10H2,1-3H3,(H,19,24)(H,22,23). The van der Waals surface area contributed by atoms with Crippen LogP contribution in [-0.4, -0.2) is 52.2 Å². The van der Waals surface area contributed by atoms with Crippen LogP contribution in [0.1, 0.15) is 53.7 Å². The van der Waals surface area contributed by atoms with Gasteiger partial charge in [0.05, 0.1) is 11.4 Å². The zero-order valence-electron chi connectivity index (χ0n) is 15.3. The van der Waals surface area contributed by atoms with Gasteiger partial charge in [0.2, 0.25) is 0 Å². The molecular weight excluding hydrogens is 356 g/mol. The van der Waals surface area contributed by atoms with Gasteiger partial charge in [-0.05, 0) is 51.7 Å². The minimum absolute atomic E-state index is 0.0665. The second-order valence-corrected chi connectivity index (χ2v) is 9.04. The highest BCUT2D eigenvalue weighted by molar-refractivity contribution is 7.14. The van der Waals surface area contributed by atoms with Crippen molar-refractivity contribution in [1.82, 2.24) is 10.2 Å². The van der Waals surface area contributed by atoms with Crippen LogP contribution in [-0.2, 0) is 22.4 Å². The Bertz CT molecular complexity index is 730. The lowest BCUT2D eigenvalue weighted by Crippen LogP contribution is -2.57. The van der Waals surface area contributed by atoms with Crippen molar-refractivity contribution in [3.05, 3.63) is 21.4 Å². The normalized spacial score (nSPS) is 22.2. The SMILES string of the molecule is CC(C)(C)OC(=O)NC1(C(=O)O)CCN(C(=O)c2cc3c(s2)CCC3)C1. The Morgan fingerprint density at radius 2 is 2.04 bits per heavy atom. The molecule has 1 aromatic heterocycles. The summed E-state index contributed by atoms with van der Waals surface area (Å²) in [5, 5.41) is 12.1. The summed E-state index contributed by atoms with van der Waals surface area (Å²) in [6.07, 6.45) is 2.49. The van der Waals surface area contributed by atoms with Crippen molar-refractivity contribution in [3.63, 3.8) is 0 Å². The van der Waals surface area contributed by atoms with Crippen LogP contribution in [0.15, 0.2) is 6.07 Å². The first kappa shape index (κ1) is 18.7. The molecule has 0 saturated carbocycles. The molecule has 1 unspecified atom stereocenters. The first-order valence-electron chi connectivity index (χ1n) is 8.75. The fourth-order valence-corrected chi connectivity index (χ4v) is 4.62. The highest BCUT2D eigenvalue weighted by Gasteiger charge is 2.48. The molecule has 26 heavy (non-hydrogen) atoms. The molecular formula is C18H24N2O5S. The third kappa shape index (κ3) is 3.70. The Morgan fingerprint density at radius 3 is 2.65 bits per heavy atom. The molecule has 2 N–H and O–H groups in total. The van der Waals surface area contributed by atoms with Crippen molar-refractivity contribution in [1.29, 1.82) is 0 Å². The van der Waals surface area contributed by atoms with E-state index in [-0.39, 0.29) is 25.4 Å². The van der Waals surface area contributed by atoms with Gasteiger partial charge in [0.25, 0.3) is 5.91 Å². The molecule has 1 aromatic rings. The number of fused-ring (bicyclic) bond motifs is 1. The Labute approximate surface area is 156 Å². The van der Waals surface area contributed by atoms with E-state index in [0.717, 1.165) is 19.3 Å². The second-order valence-electron chi connectivity index (χ2n) is 7.90. The number of hydrogen-bond donors (Lipinski definition) is 2. The van der Waals surface area contributed by atoms with Crippen LogP contribution in [0.2, 0.25) is 0 Å². The van der Waals surface area contributed by atoms with Crippen LogP contribution in [0, 0.1) is 0 Å². The van der Waals surface area contributed by atoms with Gasteiger partial charge < -0.3 is 20.1 Å². The van der Waals surface area contributed by atoms with E-state index >= 15 is 0 Å². The summed E-state index contributed by atoms with van der Waals surface area (Å²) in [5.41, 5.74) is -1.01. The van der Waals surface area contributed by atoms with E-state index in [1.165, 1.54) is 26.7 Å². The van der Waals surface area contributed by atoms with E-state index in [0.29, 0.717) is 4.88 Å². The minimum Gasteiger partial charge on any atom is -0.479 e. The van der Waals surface area contributed by atoms with Gasteiger partial charge in [-0.2, -0.15) is 0 Å². The van der Waals surface area contributed by atoms with Crippen LogP contribution < -0.4 is 5.32 Å². The predicted molar refractivity (Wildman–Crippen MR) is 96.6 cm³/mol. The van der Waals surface area contributed by atoms with Gasteiger partial charge in [0.15, 0.2) is 5.54 Å². The van der Waals surface area contributed by atoms with Crippen LogP contribution in [0.5, 0.6) is 0 Å². The maximum Gasteiger partial charge on any atom is 0.408 e. The largest absolute Gasteiger partial charge is 0.479 e. The number of amides is 2. The first-order valence-corrected chi connectivity index (χ1v) is 9.57.